The van der Waals surface area contributed by atoms with E-state index in [0.29, 0.717) is 12.0 Å². The minimum Gasteiger partial charge on any atom is -0.496 e. The molecule has 0 saturated carbocycles. The van der Waals surface area contributed by atoms with Gasteiger partial charge in [-0.2, -0.15) is 0 Å². The van der Waals surface area contributed by atoms with Crippen LogP contribution in [0.25, 0.3) is 0 Å². The van der Waals surface area contributed by atoms with Gasteiger partial charge in [0, 0.05) is 12.1 Å². The van der Waals surface area contributed by atoms with E-state index in [9.17, 15) is 5.11 Å². The number of aliphatic hydroxyl groups excluding tert-OH is 1. The van der Waals surface area contributed by atoms with Crippen LogP contribution < -0.4 is 10.1 Å². The monoisotopic (exact) mass is 265 g/mol. The van der Waals surface area contributed by atoms with Crippen molar-refractivity contribution in [1.29, 1.82) is 0 Å². The number of nitrogens with one attached hydrogen (secondary N) is 1. The Kier molecular flexibility index (Phi) is 5.83. The number of ether oxygens (including phenoxy) is 1. The smallest absolute Gasteiger partial charge is 0.121 e. The normalized spacial score (nSPS) is 14.8. The van der Waals surface area contributed by atoms with Gasteiger partial charge >= 0.3 is 0 Å². The molecule has 108 valence electrons. The highest BCUT2D eigenvalue weighted by molar-refractivity contribution is 5.37. The molecule has 3 nitrogen and oxygen atoms in total. The third-order valence-corrected chi connectivity index (χ3v) is 3.34. The minimum absolute atomic E-state index is 0.0489. The molecule has 19 heavy (non-hydrogen) atoms. The van der Waals surface area contributed by atoms with Crippen LogP contribution in [0.3, 0.4) is 0 Å². The molecule has 0 fully saturated rings. The molecule has 0 amide bonds. The third kappa shape index (κ3) is 4.22. The number of benzene rings is 1. The molecule has 3 heteroatoms. The lowest BCUT2D eigenvalue weighted by atomic mass is 9.92. The highest BCUT2D eigenvalue weighted by Crippen LogP contribution is 2.26. The van der Waals surface area contributed by atoms with Crippen LogP contribution in [-0.2, 0) is 0 Å². The van der Waals surface area contributed by atoms with Crippen LogP contribution in [0.5, 0.6) is 5.75 Å². The van der Waals surface area contributed by atoms with E-state index in [2.05, 4.69) is 33.0 Å². The second kappa shape index (κ2) is 6.92. The highest BCUT2D eigenvalue weighted by Gasteiger charge is 2.24. The molecular formula is C16H27NO2. The fourth-order valence-corrected chi connectivity index (χ4v) is 2.33. The quantitative estimate of drug-likeness (QED) is 0.830. The number of methoxy groups -OCH3 is 1. The average molecular weight is 265 g/mol. The lowest BCUT2D eigenvalue weighted by molar-refractivity contribution is 0.100. The summed E-state index contributed by atoms with van der Waals surface area (Å²) in [5, 5.41) is 14.0. The van der Waals surface area contributed by atoms with E-state index in [-0.39, 0.29) is 6.04 Å². The maximum atomic E-state index is 10.6. The van der Waals surface area contributed by atoms with Gasteiger partial charge in [-0.15, -0.1) is 0 Å². The summed E-state index contributed by atoms with van der Waals surface area (Å²) in [5.74, 6) is 1.22. The summed E-state index contributed by atoms with van der Waals surface area (Å²) < 4.78 is 5.25. The van der Waals surface area contributed by atoms with Crippen LogP contribution in [0.4, 0.5) is 0 Å². The average Bonchev–Trinajstić information content (AvgIpc) is 2.34. The van der Waals surface area contributed by atoms with Crippen LogP contribution in [0, 0.1) is 12.8 Å². The Morgan fingerprint density at radius 2 is 1.79 bits per heavy atom. The van der Waals surface area contributed by atoms with Gasteiger partial charge in [0.05, 0.1) is 13.2 Å². The van der Waals surface area contributed by atoms with Gasteiger partial charge in [-0.05, 0) is 36.1 Å². The van der Waals surface area contributed by atoms with Crippen molar-refractivity contribution in [1.82, 2.24) is 5.32 Å². The molecule has 0 aliphatic heterocycles. The van der Waals surface area contributed by atoms with Gasteiger partial charge in [0.1, 0.15) is 5.75 Å². The molecule has 1 aromatic carbocycles. The molecule has 2 atom stereocenters. The SMILES string of the molecule is COc1ccc(C(O)C(NC(C)C)C(C)C)cc1C. The van der Waals surface area contributed by atoms with Crippen LogP contribution in [0.1, 0.15) is 44.9 Å². The topological polar surface area (TPSA) is 41.5 Å². The Bertz CT molecular complexity index is 402. The van der Waals surface area contributed by atoms with Crippen molar-refractivity contribution in [2.45, 2.75) is 52.8 Å². The van der Waals surface area contributed by atoms with Gasteiger partial charge in [-0.1, -0.05) is 33.8 Å². The Hall–Kier alpha value is -1.06. The second-order valence-corrected chi connectivity index (χ2v) is 5.77. The number of hydrogen-bond acceptors (Lipinski definition) is 3. The van der Waals surface area contributed by atoms with Crippen molar-refractivity contribution in [3.63, 3.8) is 0 Å². The van der Waals surface area contributed by atoms with Crippen LogP contribution in [0.15, 0.2) is 18.2 Å². The Morgan fingerprint density at radius 1 is 1.16 bits per heavy atom. The van der Waals surface area contributed by atoms with E-state index < -0.39 is 6.10 Å². The Morgan fingerprint density at radius 3 is 2.21 bits per heavy atom. The van der Waals surface area contributed by atoms with Crippen molar-refractivity contribution in [3.05, 3.63) is 29.3 Å². The van der Waals surface area contributed by atoms with E-state index in [4.69, 9.17) is 4.74 Å². The molecule has 0 aliphatic carbocycles. The molecular weight excluding hydrogens is 238 g/mol. The number of hydrogen-bond donors (Lipinski definition) is 2. The fraction of sp³-hybridized carbons (Fsp3) is 0.625. The lowest BCUT2D eigenvalue weighted by Crippen LogP contribution is -2.43. The molecule has 0 aromatic heterocycles. The number of aryl methyl sites for hydroxylation is 1. The third-order valence-electron chi connectivity index (χ3n) is 3.34. The van der Waals surface area contributed by atoms with Gasteiger partial charge in [0.15, 0.2) is 0 Å². The maximum Gasteiger partial charge on any atom is 0.121 e. The van der Waals surface area contributed by atoms with E-state index in [1.54, 1.807) is 7.11 Å². The summed E-state index contributed by atoms with van der Waals surface area (Å²) in [6.07, 6.45) is -0.507. The lowest BCUT2D eigenvalue weighted by Gasteiger charge is -2.30. The van der Waals surface area contributed by atoms with Gasteiger partial charge in [0.25, 0.3) is 0 Å². The zero-order valence-electron chi connectivity index (χ0n) is 12.9. The number of rotatable bonds is 6. The van der Waals surface area contributed by atoms with Crippen LogP contribution in [0.2, 0.25) is 0 Å². The van der Waals surface area contributed by atoms with Crippen molar-refractivity contribution < 1.29 is 9.84 Å². The minimum atomic E-state index is -0.507. The summed E-state index contributed by atoms with van der Waals surface area (Å²) in [7, 11) is 1.66. The van der Waals surface area contributed by atoms with Crippen molar-refractivity contribution in [2.75, 3.05) is 7.11 Å². The highest BCUT2D eigenvalue weighted by atomic mass is 16.5. The molecule has 0 saturated heterocycles. The second-order valence-electron chi connectivity index (χ2n) is 5.77. The summed E-state index contributed by atoms with van der Waals surface area (Å²) in [4.78, 5) is 0. The van der Waals surface area contributed by atoms with E-state index in [1.165, 1.54) is 0 Å². The zero-order chi connectivity index (χ0) is 14.6. The van der Waals surface area contributed by atoms with E-state index in [0.717, 1.165) is 16.9 Å². The van der Waals surface area contributed by atoms with Crippen LogP contribution >= 0.6 is 0 Å². The van der Waals surface area contributed by atoms with E-state index in [1.807, 2.05) is 25.1 Å². The molecule has 2 unspecified atom stereocenters. The van der Waals surface area contributed by atoms with Crippen molar-refractivity contribution in [3.8, 4) is 5.75 Å². The van der Waals surface area contributed by atoms with Crippen LogP contribution in [-0.4, -0.2) is 24.3 Å². The Labute approximate surface area is 117 Å². The first-order valence-electron chi connectivity index (χ1n) is 6.95. The molecule has 0 bridgehead atoms. The number of aliphatic hydroxyl groups is 1. The van der Waals surface area contributed by atoms with Gasteiger partial charge < -0.3 is 15.2 Å². The van der Waals surface area contributed by atoms with E-state index >= 15 is 0 Å². The summed E-state index contributed by atoms with van der Waals surface area (Å²) in [6.45, 7) is 10.4. The molecule has 0 aliphatic rings. The summed E-state index contributed by atoms with van der Waals surface area (Å²) in [5.41, 5.74) is 1.98. The predicted molar refractivity (Wildman–Crippen MR) is 79.6 cm³/mol. The molecule has 0 heterocycles. The van der Waals surface area contributed by atoms with Gasteiger partial charge in [-0.25, -0.2) is 0 Å². The zero-order valence-corrected chi connectivity index (χ0v) is 12.9. The summed E-state index contributed by atoms with van der Waals surface area (Å²) >= 11 is 0. The molecule has 1 rings (SSSR count). The molecule has 0 radical (unpaired) electrons. The van der Waals surface area contributed by atoms with Crippen molar-refractivity contribution >= 4 is 0 Å². The first-order valence-corrected chi connectivity index (χ1v) is 6.95. The first-order chi connectivity index (χ1) is 8.86. The van der Waals surface area contributed by atoms with Gasteiger partial charge in [0.2, 0.25) is 0 Å². The molecule has 2 N–H and O–H groups in total. The largest absolute Gasteiger partial charge is 0.496 e. The predicted octanol–water partition coefficient (Wildman–Crippen LogP) is 3.06. The maximum absolute atomic E-state index is 10.6. The van der Waals surface area contributed by atoms with Crippen molar-refractivity contribution in [2.24, 2.45) is 5.92 Å². The first kappa shape index (κ1) is 16.0. The summed E-state index contributed by atoms with van der Waals surface area (Å²) in [6, 6.07) is 6.25. The Balaban J connectivity index is 2.96. The van der Waals surface area contributed by atoms with Gasteiger partial charge in [-0.3, -0.25) is 0 Å². The molecule has 0 spiro atoms. The standard InChI is InChI=1S/C16H27NO2/c1-10(2)15(17-11(3)4)16(18)13-7-8-14(19-6)12(5)9-13/h7-11,15-18H,1-6H3. The molecule has 1 aromatic rings. The fourth-order valence-electron chi connectivity index (χ4n) is 2.33.